The number of carbonyl (C=O) groups is 1. The van der Waals surface area contributed by atoms with E-state index in [0.717, 1.165) is 49.7 Å². The second-order valence-corrected chi connectivity index (χ2v) is 7.77. The lowest BCUT2D eigenvalue weighted by molar-refractivity contribution is -0.879. The van der Waals surface area contributed by atoms with Crippen LogP contribution < -0.4 is 24.0 Å². The van der Waals surface area contributed by atoms with E-state index in [1.807, 2.05) is 30.3 Å². The summed E-state index contributed by atoms with van der Waals surface area (Å²) in [6.45, 7) is 1.83. The first kappa shape index (κ1) is 19.7. The molecule has 0 amide bonds. The number of carbonyl (C=O) groups excluding carboxylic acids is 1. The van der Waals surface area contributed by atoms with E-state index in [1.165, 1.54) is 0 Å². The number of rotatable bonds is 4. The highest BCUT2D eigenvalue weighted by atomic mass is 127. The molecule has 2 fully saturated rings. The Labute approximate surface area is 161 Å². The maximum Gasteiger partial charge on any atom is 0.343 e. The molecule has 134 valence electrons. The number of nitrogens with zero attached hydrogens (tertiary/aromatic N) is 1. The van der Waals surface area contributed by atoms with Gasteiger partial charge in [-0.25, -0.2) is 4.79 Å². The second-order valence-electron chi connectivity index (χ2n) is 7.77. The molecule has 1 aromatic rings. The van der Waals surface area contributed by atoms with E-state index in [1.54, 1.807) is 0 Å². The molecule has 2 aliphatic rings. The molecule has 0 spiro atoms. The van der Waals surface area contributed by atoms with Gasteiger partial charge >= 0.3 is 5.97 Å². The van der Waals surface area contributed by atoms with Crippen LogP contribution in [-0.2, 0) is 15.1 Å². The summed E-state index contributed by atoms with van der Waals surface area (Å²) < 4.78 is 6.64. The molecule has 3 rings (SSSR count). The zero-order valence-corrected chi connectivity index (χ0v) is 16.7. The third-order valence-electron chi connectivity index (χ3n) is 5.50. The summed E-state index contributed by atoms with van der Waals surface area (Å²) in [6, 6.07) is 9.33. The van der Waals surface area contributed by atoms with E-state index in [9.17, 15) is 9.90 Å². The molecule has 0 radical (unpaired) electrons. The second kappa shape index (κ2) is 7.70. The summed E-state index contributed by atoms with van der Waals surface area (Å²) in [7, 11) is 4.29. The number of benzene rings is 1. The van der Waals surface area contributed by atoms with E-state index in [4.69, 9.17) is 4.74 Å². The zero-order valence-electron chi connectivity index (χ0n) is 14.6. The number of hydrogen-bond acceptors (Lipinski definition) is 3. The molecule has 1 aliphatic heterocycles. The molecule has 2 atom stereocenters. The fourth-order valence-corrected chi connectivity index (χ4v) is 4.12. The lowest BCUT2D eigenvalue weighted by Crippen LogP contribution is -3.00. The van der Waals surface area contributed by atoms with Gasteiger partial charge < -0.3 is 38.3 Å². The number of ether oxygens (including phenoxy) is 1. The third kappa shape index (κ3) is 3.94. The molecule has 1 heterocycles. The lowest BCUT2D eigenvalue weighted by Gasteiger charge is -2.33. The summed E-state index contributed by atoms with van der Waals surface area (Å²) in [4.78, 5) is 12.9. The highest BCUT2D eigenvalue weighted by molar-refractivity contribution is 5.81. The summed E-state index contributed by atoms with van der Waals surface area (Å²) in [5, 5.41) is 11.4. The molecule has 1 aliphatic carbocycles. The van der Waals surface area contributed by atoms with Crippen molar-refractivity contribution in [3.05, 3.63) is 35.9 Å². The highest BCUT2D eigenvalue weighted by Gasteiger charge is 2.49. The van der Waals surface area contributed by atoms with Crippen LogP contribution in [-0.4, -0.2) is 48.8 Å². The maximum absolute atomic E-state index is 12.9. The minimum absolute atomic E-state index is 0. The molecule has 5 heteroatoms. The molecule has 24 heavy (non-hydrogen) atoms. The fraction of sp³-hybridized carbons (Fsp3) is 0.632. The number of esters is 1. The Kier molecular flexibility index (Phi) is 6.31. The van der Waals surface area contributed by atoms with Crippen LogP contribution >= 0.6 is 0 Å². The van der Waals surface area contributed by atoms with Crippen LogP contribution in [0.15, 0.2) is 30.3 Å². The first-order valence-electron chi connectivity index (χ1n) is 8.73. The van der Waals surface area contributed by atoms with Crippen molar-refractivity contribution in [3.8, 4) is 0 Å². The molecule has 1 aromatic carbocycles. The Balaban J connectivity index is 0.00000208. The van der Waals surface area contributed by atoms with Gasteiger partial charge in [0.1, 0.15) is 6.54 Å². The van der Waals surface area contributed by atoms with Crippen LogP contribution in [0.2, 0.25) is 0 Å². The molecule has 0 unspecified atom stereocenters. The number of hydrogen-bond donors (Lipinski definition) is 1. The van der Waals surface area contributed by atoms with E-state index in [0.29, 0.717) is 5.56 Å². The molecule has 4 nitrogen and oxygen atoms in total. The van der Waals surface area contributed by atoms with E-state index in [2.05, 4.69) is 14.1 Å². The topological polar surface area (TPSA) is 46.5 Å². The summed E-state index contributed by atoms with van der Waals surface area (Å²) in [5.41, 5.74) is -0.832. The predicted molar refractivity (Wildman–Crippen MR) is 88.6 cm³/mol. The molecule has 0 aromatic heterocycles. The van der Waals surface area contributed by atoms with Crippen LogP contribution in [0.1, 0.15) is 37.7 Å². The number of aliphatic hydroxyl groups is 1. The van der Waals surface area contributed by atoms with Crippen molar-refractivity contribution < 1.29 is 43.1 Å². The predicted octanol–water partition coefficient (Wildman–Crippen LogP) is -0.540. The molecule has 1 saturated carbocycles. The lowest BCUT2D eigenvalue weighted by atomic mass is 9.80. The number of halogens is 1. The number of quaternary nitrogens is 1. The van der Waals surface area contributed by atoms with Crippen LogP contribution in [0.3, 0.4) is 0 Å². The van der Waals surface area contributed by atoms with Gasteiger partial charge in [0.2, 0.25) is 0 Å². The highest BCUT2D eigenvalue weighted by Crippen LogP contribution is 2.42. The Bertz CT molecular complexity index is 557. The van der Waals surface area contributed by atoms with Gasteiger partial charge in [0.05, 0.1) is 20.6 Å². The Morgan fingerprint density at radius 3 is 2.33 bits per heavy atom. The van der Waals surface area contributed by atoms with Crippen molar-refractivity contribution in [2.24, 2.45) is 5.92 Å². The van der Waals surface area contributed by atoms with Gasteiger partial charge in [0, 0.05) is 12.3 Å². The number of likely N-dealkylation sites (tertiary alicyclic amines) is 1. The van der Waals surface area contributed by atoms with E-state index < -0.39 is 11.6 Å². The third-order valence-corrected chi connectivity index (χ3v) is 5.50. The molecule has 1 saturated heterocycles. The van der Waals surface area contributed by atoms with Crippen molar-refractivity contribution in [2.45, 2.75) is 43.8 Å². The summed E-state index contributed by atoms with van der Waals surface area (Å²) in [6.07, 6.45) is 4.68. The van der Waals surface area contributed by atoms with Crippen molar-refractivity contribution in [3.63, 3.8) is 0 Å². The Hall–Kier alpha value is -0.660. The standard InChI is InChI=1S/C19H28NO3.HI/c1-20(2)13-12-17(14-20)23-18(21)19(22,16-10-6-7-11-16)15-8-4-3-5-9-15;/h3-5,8-9,16-17,22H,6-7,10-14H2,1-2H3;1H/q+1;/p-1/t17-,19+;/m0./s1. The van der Waals surface area contributed by atoms with E-state index >= 15 is 0 Å². The normalized spacial score (nSPS) is 25.7. The summed E-state index contributed by atoms with van der Waals surface area (Å²) >= 11 is 0. The SMILES string of the molecule is C[N+]1(C)CC[C@H](OC(=O)[C@@](O)(c2ccccc2)C2CCCC2)C1.[I-]. The van der Waals surface area contributed by atoms with Gasteiger partial charge in [-0.1, -0.05) is 43.2 Å². The Morgan fingerprint density at radius 1 is 1.17 bits per heavy atom. The van der Waals surface area contributed by atoms with Crippen molar-refractivity contribution in [1.82, 2.24) is 0 Å². The van der Waals surface area contributed by atoms with Crippen molar-refractivity contribution >= 4 is 5.97 Å². The minimum atomic E-state index is -1.50. The van der Waals surface area contributed by atoms with Crippen LogP contribution in [0.25, 0.3) is 0 Å². The largest absolute Gasteiger partial charge is 1.00 e. The summed E-state index contributed by atoms with van der Waals surface area (Å²) in [5.74, 6) is -0.496. The first-order valence-corrected chi connectivity index (χ1v) is 8.73. The van der Waals surface area contributed by atoms with Gasteiger partial charge in [-0.05, 0) is 18.4 Å². The molecular weight excluding hydrogens is 417 g/mol. The first-order chi connectivity index (χ1) is 10.9. The van der Waals surface area contributed by atoms with Gasteiger partial charge in [-0.2, -0.15) is 0 Å². The molecule has 0 bridgehead atoms. The fourth-order valence-electron chi connectivity index (χ4n) is 4.12. The smallest absolute Gasteiger partial charge is 0.343 e. The van der Waals surface area contributed by atoms with Crippen LogP contribution in [0, 0.1) is 5.92 Å². The van der Waals surface area contributed by atoms with Crippen molar-refractivity contribution in [1.29, 1.82) is 0 Å². The van der Waals surface area contributed by atoms with E-state index in [-0.39, 0.29) is 36.0 Å². The number of likely N-dealkylation sites (N-methyl/N-ethyl adjacent to an activating group) is 1. The van der Waals surface area contributed by atoms with Crippen molar-refractivity contribution in [2.75, 3.05) is 27.2 Å². The monoisotopic (exact) mass is 445 g/mol. The molecule has 1 N–H and O–H groups in total. The minimum Gasteiger partial charge on any atom is -1.00 e. The van der Waals surface area contributed by atoms with Gasteiger partial charge in [-0.15, -0.1) is 0 Å². The van der Waals surface area contributed by atoms with Gasteiger partial charge in [0.25, 0.3) is 0 Å². The zero-order chi connectivity index (χ0) is 16.5. The average Bonchev–Trinajstić information content (AvgIpc) is 3.17. The molecular formula is C19H28INO3. The van der Waals surface area contributed by atoms with Gasteiger partial charge in [0.15, 0.2) is 11.7 Å². The van der Waals surface area contributed by atoms with Crippen LogP contribution in [0.5, 0.6) is 0 Å². The quantitative estimate of drug-likeness (QED) is 0.385. The Morgan fingerprint density at radius 2 is 1.79 bits per heavy atom. The maximum atomic E-state index is 12.9. The van der Waals surface area contributed by atoms with Gasteiger partial charge in [-0.3, -0.25) is 0 Å². The van der Waals surface area contributed by atoms with Crippen LogP contribution in [0.4, 0.5) is 0 Å². The average molecular weight is 445 g/mol.